The molecule has 0 saturated carbocycles. The number of benzene rings is 1. The van der Waals surface area contributed by atoms with Crippen molar-refractivity contribution >= 4 is 11.9 Å². The van der Waals surface area contributed by atoms with E-state index in [4.69, 9.17) is 10.00 Å². The molecule has 3 unspecified atom stereocenters. The van der Waals surface area contributed by atoms with Gasteiger partial charge in [0.15, 0.2) is 0 Å². The van der Waals surface area contributed by atoms with Gasteiger partial charge in [-0.25, -0.2) is 14.2 Å². The normalized spacial score (nSPS) is 21.1. The van der Waals surface area contributed by atoms with Crippen LogP contribution in [0, 0.1) is 25.2 Å². The van der Waals surface area contributed by atoms with Gasteiger partial charge in [-0.05, 0) is 49.6 Å². The molecule has 33 heavy (non-hydrogen) atoms. The molecule has 3 heterocycles. The van der Waals surface area contributed by atoms with Gasteiger partial charge in [-0.15, -0.1) is 0 Å². The number of halogens is 1. The third-order valence-corrected chi connectivity index (χ3v) is 6.38. The number of hydrogen-bond donors (Lipinski definition) is 2. The van der Waals surface area contributed by atoms with Crippen LogP contribution < -0.4 is 5.32 Å². The number of amides is 1. The van der Waals surface area contributed by atoms with Gasteiger partial charge in [0.2, 0.25) is 0 Å². The molecule has 1 aromatic carbocycles. The maximum atomic E-state index is 14.9. The molecule has 1 fully saturated rings. The van der Waals surface area contributed by atoms with Gasteiger partial charge in [-0.2, -0.15) is 5.26 Å². The summed E-state index contributed by atoms with van der Waals surface area (Å²) < 4.78 is 19.9. The second-order valence-corrected chi connectivity index (χ2v) is 8.48. The lowest BCUT2D eigenvalue weighted by Crippen LogP contribution is -2.53. The number of ether oxygens (including phenoxy) is 1. The predicted octanol–water partition coefficient (Wildman–Crippen LogP) is 2.12. The van der Waals surface area contributed by atoms with Gasteiger partial charge < -0.3 is 15.2 Å². The first-order valence-electron chi connectivity index (χ1n) is 10.8. The average Bonchev–Trinajstić information content (AvgIpc) is 3.17. The second kappa shape index (κ2) is 9.25. The number of nitrogens with one attached hydrogen (secondary N) is 1. The zero-order chi connectivity index (χ0) is 23.7. The molecule has 1 amide bonds. The zero-order valence-corrected chi connectivity index (χ0v) is 18.5. The van der Waals surface area contributed by atoms with Crippen LogP contribution in [0.5, 0.6) is 0 Å². The quantitative estimate of drug-likeness (QED) is 0.668. The van der Waals surface area contributed by atoms with E-state index in [9.17, 15) is 19.1 Å². The molecule has 9 heteroatoms. The van der Waals surface area contributed by atoms with Gasteiger partial charge in [-0.3, -0.25) is 9.69 Å². The van der Waals surface area contributed by atoms with Crippen molar-refractivity contribution in [1.29, 1.82) is 5.26 Å². The first kappa shape index (κ1) is 22.8. The molecule has 172 valence electrons. The number of aromatic nitrogens is 1. The highest BCUT2D eigenvalue weighted by molar-refractivity contribution is 5.94. The number of aryl methyl sites for hydroxylation is 1. The summed E-state index contributed by atoms with van der Waals surface area (Å²) >= 11 is 0. The molecule has 4 rings (SSSR count). The molecular weight excluding hydrogens is 427 g/mol. The van der Waals surface area contributed by atoms with E-state index in [1.54, 1.807) is 19.1 Å². The number of rotatable bonds is 5. The van der Waals surface area contributed by atoms with Crippen LogP contribution in [0.3, 0.4) is 0 Å². The topological polar surface area (TPSA) is 116 Å². The second-order valence-electron chi connectivity index (χ2n) is 8.48. The maximum absolute atomic E-state index is 14.9. The Morgan fingerprint density at radius 2 is 2.18 bits per heavy atom. The van der Waals surface area contributed by atoms with Gasteiger partial charge >= 0.3 is 5.97 Å². The Labute approximate surface area is 191 Å². The summed E-state index contributed by atoms with van der Waals surface area (Å²) in [7, 11) is 0. The molecule has 0 spiro atoms. The van der Waals surface area contributed by atoms with Crippen LogP contribution in [0.1, 0.15) is 61.3 Å². The monoisotopic (exact) mass is 452 g/mol. The summed E-state index contributed by atoms with van der Waals surface area (Å²) in [6.07, 6.45) is -1.75. The number of aliphatic hydroxyl groups excluding tert-OH is 1. The summed E-state index contributed by atoms with van der Waals surface area (Å²) in [5.74, 6) is -0.834. The summed E-state index contributed by atoms with van der Waals surface area (Å²) in [6.45, 7) is 4.52. The van der Waals surface area contributed by atoms with Crippen LogP contribution in [0.2, 0.25) is 0 Å². The lowest BCUT2D eigenvalue weighted by molar-refractivity contribution is 0.0526. The minimum absolute atomic E-state index is 0.0768. The molecule has 0 radical (unpaired) electrons. The van der Waals surface area contributed by atoms with Crippen LogP contribution in [-0.4, -0.2) is 58.7 Å². The van der Waals surface area contributed by atoms with Crippen LogP contribution in [0.15, 0.2) is 24.3 Å². The van der Waals surface area contributed by atoms with Crippen molar-refractivity contribution in [2.24, 2.45) is 0 Å². The Bertz CT molecular complexity index is 1150. The number of β-amino-alcohol motifs (C(OH)–C–C–N with tert-alkyl or cyclic N) is 1. The van der Waals surface area contributed by atoms with Gasteiger partial charge in [0.1, 0.15) is 24.5 Å². The molecule has 1 aromatic heterocycles. The summed E-state index contributed by atoms with van der Waals surface area (Å²) in [4.78, 5) is 30.2. The molecule has 8 nitrogen and oxygen atoms in total. The molecular formula is C24H25FN4O4. The van der Waals surface area contributed by atoms with Crippen molar-refractivity contribution < 1.29 is 23.8 Å². The number of nitriles is 1. The van der Waals surface area contributed by atoms with Crippen molar-refractivity contribution in [3.63, 3.8) is 0 Å². The Kier molecular flexibility index (Phi) is 6.40. The molecule has 2 aliphatic rings. The lowest BCUT2D eigenvalue weighted by Gasteiger charge is -2.36. The largest absolute Gasteiger partial charge is 0.457 e. The third-order valence-electron chi connectivity index (χ3n) is 6.38. The maximum Gasteiger partial charge on any atom is 0.338 e. The smallest absolute Gasteiger partial charge is 0.338 e. The Morgan fingerprint density at radius 3 is 2.88 bits per heavy atom. The van der Waals surface area contributed by atoms with E-state index in [0.29, 0.717) is 35.3 Å². The average molecular weight is 452 g/mol. The van der Waals surface area contributed by atoms with Crippen LogP contribution >= 0.6 is 0 Å². The molecule has 0 bridgehead atoms. The molecule has 3 atom stereocenters. The number of pyridine rings is 1. The zero-order valence-electron chi connectivity index (χ0n) is 18.5. The van der Waals surface area contributed by atoms with Gasteiger partial charge in [0.05, 0.1) is 29.0 Å². The fourth-order valence-electron chi connectivity index (χ4n) is 4.42. The van der Waals surface area contributed by atoms with Gasteiger partial charge in [0.25, 0.3) is 5.91 Å². The molecule has 2 N–H and O–H groups in total. The Balaban J connectivity index is 1.35. The predicted molar refractivity (Wildman–Crippen MR) is 116 cm³/mol. The van der Waals surface area contributed by atoms with Gasteiger partial charge in [-0.1, -0.05) is 6.07 Å². The van der Waals surface area contributed by atoms with E-state index >= 15 is 0 Å². The number of cyclic esters (lactones) is 1. The van der Waals surface area contributed by atoms with Crippen molar-refractivity contribution in [2.75, 3.05) is 19.6 Å². The number of carbonyl (C=O) groups is 2. The molecule has 0 aliphatic carbocycles. The summed E-state index contributed by atoms with van der Waals surface area (Å²) in [5, 5.41) is 22.5. The minimum Gasteiger partial charge on any atom is -0.457 e. The fourth-order valence-corrected chi connectivity index (χ4v) is 4.42. The number of hydrogen-bond acceptors (Lipinski definition) is 7. The summed E-state index contributed by atoms with van der Waals surface area (Å²) in [5.41, 5.74) is 3.80. The molecule has 2 aromatic rings. The van der Waals surface area contributed by atoms with E-state index < -0.39 is 24.2 Å². The summed E-state index contributed by atoms with van der Waals surface area (Å²) in [6, 6.07) is 7.70. The van der Waals surface area contributed by atoms with Crippen molar-refractivity contribution in [3.05, 3.63) is 63.5 Å². The highest BCUT2D eigenvalue weighted by atomic mass is 19.1. The number of aliphatic hydroxyl groups is 1. The number of likely N-dealkylation sites (tertiary alicyclic amines) is 1. The van der Waals surface area contributed by atoms with Crippen molar-refractivity contribution in [3.8, 4) is 6.07 Å². The number of esters is 1. The van der Waals surface area contributed by atoms with Crippen molar-refractivity contribution in [1.82, 2.24) is 15.2 Å². The first-order chi connectivity index (χ1) is 15.8. The fraction of sp³-hybridized carbons (Fsp3) is 0.417. The molecule has 2 aliphatic heterocycles. The molecule has 1 saturated heterocycles. The van der Waals surface area contributed by atoms with Crippen molar-refractivity contribution in [2.45, 2.75) is 45.2 Å². The van der Waals surface area contributed by atoms with Gasteiger partial charge in [0, 0.05) is 25.2 Å². The number of carbonyl (C=O) groups excluding carboxylic acids is 2. The number of fused-ring (bicyclic) bond motifs is 1. The first-order valence-corrected chi connectivity index (χ1v) is 10.8. The Morgan fingerprint density at radius 1 is 1.39 bits per heavy atom. The van der Waals surface area contributed by atoms with E-state index in [1.807, 2.05) is 17.9 Å². The minimum atomic E-state index is -1.30. The third kappa shape index (κ3) is 4.58. The highest BCUT2D eigenvalue weighted by Gasteiger charge is 2.32. The van der Waals surface area contributed by atoms with Crippen LogP contribution in [0.4, 0.5) is 4.39 Å². The highest BCUT2D eigenvalue weighted by Crippen LogP contribution is 2.30. The van der Waals surface area contributed by atoms with Crippen LogP contribution in [-0.2, 0) is 11.3 Å². The number of alkyl halides is 1. The SMILES string of the molecule is Cc1nc(C(=O)NC2CCN(CC(O)c3ccc4c(c3C)COC4=O)CC2F)ccc1C#N. The standard InChI is InChI=1S/C24H25FN4O4/c1-13-16(4-5-17-18(13)12-33-24(17)32)22(30)11-29-8-7-20(19(25)10-29)28-23(31)21-6-3-15(9-26)14(2)27-21/h3-6,19-20,22,30H,7-8,10-12H2,1-2H3,(H,28,31). The lowest BCUT2D eigenvalue weighted by atomic mass is 9.94. The number of piperidine rings is 1. The van der Waals surface area contributed by atoms with E-state index in [0.717, 1.165) is 11.1 Å². The van der Waals surface area contributed by atoms with E-state index in [2.05, 4.69) is 10.3 Å². The van der Waals surface area contributed by atoms with E-state index in [-0.39, 0.29) is 31.4 Å². The Hall–Kier alpha value is -3.35. The van der Waals surface area contributed by atoms with Crippen LogP contribution in [0.25, 0.3) is 0 Å². The van der Waals surface area contributed by atoms with E-state index in [1.165, 1.54) is 12.1 Å². The number of nitrogens with zero attached hydrogens (tertiary/aromatic N) is 3.